The Hall–Kier alpha value is -1.02. The van der Waals surface area contributed by atoms with Crippen molar-refractivity contribution in [2.75, 3.05) is 45.9 Å². The van der Waals surface area contributed by atoms with Crippen molar-refractivity contribution in [1.82, 2.24) is 20.1 Å². The highest BCUT2D eigenvalue weighted by Gasteiger charge is 2.52. The standard InChI is InChI=1S/C24H38N4O2S/c1-2-27-10-8-18-15-19(28-11-13-30-14-12-28)7-9-24(18,17-27)23(29)25-16-22-26-20-5-3-4-6-21(20)31-22/h18-19H,2-17H2,1H3,(H,25,29)/t18-,19+,24-/m1/s1. The number of ether oxygens (including phenoxy) is 1. The molecule has 3 atom stereocenters. The predicted octanol–water partition coefficient (Wildman–Crippen LogP) is 2.85. The molecule has 31 heavy (non-hydrogen) atoms. The van der Waals surface area contributed by atoms with Crippen LogP contribution in [0.3, 0.4) is 0 Å². The number of thiazole rings is 1. The molecule has 172 valence electrons. The number of morpholine rings is 1. The number of rotatable bonds is 5. The van der Waals surface area contributed by atoms with Crippen LogP contribution in [-0.2, 0) is 28.9 Å². The van der Waals surface area contributed by atoms with Gasteiger partial charge in [0.2, 0.25) is 5.91 Å². The number of fused-ring (bicyclic) bond motifs is 2. The minimum Gasteiger partial charge on any atom is -0.379 e. The fraction of sp³-hybridized carbons (Fsp3) is 0.833. The van der Waals surface area contributed by atoms with Gasteiger partial charge >= 0.3 is 0 Å². The van der Waals surface area contributed by atoms with E-state index < -0.39 is 0 Å². The fourth-order valence-corrected chi connectivity index (χ4v) is 7.54. The Morgan fingerprint density at radius 1 is 1.23 bits per heavy atom. The van der Waals surface area contributed by atoms with Crippen LogP contribution in [0.2, 0.25) is 0 Å². The van der Waals surface area contributed by atoms with E-state index in [0.717, 1.165) is 83.0 Å². The number of nitrogens with zero attached hydrogens (tertiary/aromatic N) is 3. The zero-order valence-electron chi connectivity index (χ0n) is 19.0. The Bertz CT molecular complexity index is 754. The Labute approximate surface area is 190 Å². The average Bonchev–Trinajstić information content (AvgIpc) is 3.25. The third-order valence-corrected chi connectivity index (χ3v) is 9.47. The molecule has 1 aromatic rings. The SMILES string of the molecule is CCN1CC[C@@H]2C[C@@H](N3CCOCC3)CC[C@@]2(C(=O)NCc2nc3c(s2)CCCC3)C1. The summed E-state index contributed by atoms with van der Waals surface area (Å²) in [6.07, 6.45) is 9.27. The molecule has 1 saturated carbocycles. The molecule has 3 fully saturated rings. The number of nitrogens with one attached hydrogen (secondary N) is 1. The normalized spacial score (nSPS) is 32.3. The van der Waals surface area contributed by atoms with Crippen LogP contribution in [0.1, 0.15) is 61.0 Å². The van der Waals surface area contributed by atoms with Gasteiger partial charge in [0, 0.05) is 30.6 Å². The molecule has 7 heteroatoms. The monoisotopic (exact) mass is 446 g/mol. The lowest BCUT2D eigenvalue weighted by molar-refractivity contribution is -0.145. The summed E-state index contributed by atoms with van der Waals surface area (Å²) in [4.78, 5) is 25.1. The zero-order valence-corrected chi connectivity index (χ0v) is 19.9. The van der Waals surface area contributed by atoms with Crippen LogP contribution in [0.15, 0.2) is 0 Å². The lowest BCUT2D eigenvalue weighted by Crippen LogP contribution is -2.60. The first-order valence-electron chi connectivity index (χ1n) is 12.5. The van der Waals surface area contributed by atoms with Gasteiger partial charge < -0.3 is 15.0 Å². The largest absolute Gasteiger partial charge is 0.379 e. The number of carbonyl (C=O) groups is 1. The van der Waals surface area contributed by atoms with Gasteiger partial charge in [-0.3, -0.25) is 9.69 Å². The molecule has 0 radical (unpaired) electrons. The first-order chi connectivity index (χ1) is 15.2. The van der Waals surface area contributed by atoms with E-state index in [1.165, 1.54) is 29.8 Å². The summed E-state index contributed by atoms with van der Waals surface area (Å²) in [5, 5.41) is 4.45. The van der Waals surface area contributed by atoms with Gasteiger partial charge in [0.1, 0.15) is 5.01 Å². The van der Waals surface area contributed by atoms with Crippen LogP contribution in [0.4, 0.5) is 0 Å². The maximum Gasteiger partial charge on any atom is 0.228 e. The highest BCUT2D eigenvalue weighted by Crippen LogP contribution is 2.48. The van der Waals surface area contributed by atoms with Crippen molar-refractivity contribution in [3.05, 3.63) is 15.6 Å². The van der Waals surface area contributed by atoms with Crippen molar-refractivity contribution in [2.45, 2.75) is 70.9 Å². The van der Waals surface area contributed by atoms with Crippen molar-refractivity contribution in [3.63, 3.8) is 0 Å². The summed E-state index contributed by atoms with van der Waals surface area (Å²) >= 11 is 1.82. The van der Waals surface area contributed by atoms with Gasteiger partial charge in [-0.1, -0.05) is 6.92 Å². The minimum atomic E-state index is -0.228. The molecule has 2 aliphatic carbocycles. The van der Waals surface area contributed by atoms with E-state index >= 15 is 0 Å². The summed E-state index contributed by atoms with van der Waals surface area (Å²) < 4.78 is 5.57. The smallest absolute Gasteiger partial charge is 0.228 e. The molecule has 1 amide bonds. The summed E-state index contributed by atoms with van der Waals surface area (Å²) in [5.74, 6) is 0.769. The second-order valence-electron chi connectivity index (χ2n) is 9.95. The van der Waals surface area contributed by atoms with Crippen LogP contribution in [0, 0.1) is 11.3 Å². The molecule has 4 aliphatic rings. The van der Waals surface area contributed by atoms with E-state index in [1.54, 1.807) is 0 Å². The van der Waals surface area contributed by atoms with Gasteiger partial charge in [-0.25, -0.2) is 4.98 Å². The van der Waals surface area contributed by atoms with Crippen LogP contribution >= 0.6 is 11.3 Å². The second kappa shape index (κ2) is 9.46. The average molecular weight is 447 g/mol. The number of likely N-dealkylation sites (tertiary alicyclic amines) is 1. The van der Waals surface area contributed by atoms with Crippen LogP contribution in [-0.4, -0.2) is 72.7 Å². The van der Waals surface area contributed by atoms with Gasteiger partial charge in [0.25, 0.3) is 0 Å². The quantitative estimate of drug-likeness (QED) is 0.754. The van der Waals surface area contributed by atoms with E-state index in [4.69, 9.17) is 9.72 Å². The highest BCUT2D eigenvalue weighted by atomic mass is 32.1. The van der Waals surface area contributed by atoms with Gasteiger partial charge in [0.05, 0.1) is 30.9 Å². The maximum atomic E-state index is 13.7. The topological polar surface area (TPSA) is 57.7 Å². The molecule has 6 nitrogen and oxygen atoms in total. The van der Waals surface area contributed by atoms with E-state index in [-0.39, 0.29) is 11.3 Å². The Balaban J connectivity index is 1.27. The fourth-order valence-electron chi connectivity index (χ4n) is 6.45. The van der Waals surface area contributed by atoms with Gasteiger partial charge in [0.15, 0.2) is 0 Å². The number of piperidine rings is 1. The molecule has 1 aromatic heterocycles. The molecule has 2 aliphatic heterocycles. The minimum absolute atomic E-state index is 0.228. The first-order valence-corrected chi connectivity index (χ1v) is 13.3. The molecule has 1 N–H and O–H groups in total. The Kier molecular flexibility index (Phi) is 6.65. The lowest BCUT2D eigenvalue weighted by Gasteiger charge is -2.53. The molecule has 0 unspecified atom stereocenters. The number of carbonyl (C=O) groups excluding carboxylic acids is 1. The third kappa shape index (κ3) is 4.43. The summed E-state index contributed by atoms with van der Waals surface area (Å²) in [7, 11) is 0. The molecular weight excluding hydrogens is 408 g/mol. The summed E-state index contributed by atoms with van der Waals surface area (Å²) in [6, 6.07) is 0.619. The molecule has 2 saturated heterocycles. The van der Waals surface area contributed by atoms with Crippen molar-refractivity contribution in [3.8, 4) is 0 Å². The zero-order chi connectivity index (χ0) is 21.3. The van der Waals surface area contributed by atoms with Crippen molar-refractivity contribution >= 4 is 17.2 Å². The van der Waals surface area contributed by atoms with Crippen LogP contribution in [0.5, 0.6) is 0 Å². The van der Waals surface area contributed by atoms with Crippen molar-refractivity contribution in [1.29, 1.82) is 0 Å². The van der Waals surface area contributed by atoms with Crippen molar-refractivity contribution < 1.29 is 9.53 Å². The molecule has 3 heterocycles. The maximum absolute atomic E-state index is 13.7. The summed E-state index contributed by atoms with van der Waals surface area (Å²) in [6.45, 7) is 9.72. The first kappa shape index (κ1) is 21.8. The van der Waals surface area contributed by atoms with E-state index in [0.29, 0.717) is 18.5 Å². The summed E-state index contributed by atoms with van der Waals surface area (Å²) in [5.41, 5.74) is 1.06. The molecule has 5 rings (SSSR count). The van der Waals surface area contributed by atoms with Crippen molar-refractivity contribution in [2.24, 2.45) is 11.3 Å². The lowest BCUT2D eigenvalue weighted by atomic mass is 9.61. The second-order valence-corrected chi connectivity index (χ2v) is 11.1. The molecular formula is C24H38N4O2S. The van der Waals surface area contributed by atoms with Gasteiger partial charge in [-0.2, -0.15) is 0 Å². The number of aromatic nitrogens is 1. The number of hydrogen-bond acceptors (Lipinski definition) is 6. The van der Waals surface area contributed by atoms with Crippen LogP contribution < -0.4 is 5.32 Å². The highest BCUT2D eigenvalue weighted by molar-refractivity contribution is 7.11. The number of amides is 1. The number of aryl methyl sites for hydroxylation is 2. The molecule has 0 bridgehead atoms. The van der Waals surface area contributed by atoms with E-state index in [9.17, 15) is 4.79 Å². The molecule has 0 aromatic carbocycles. The van der Waals surface area contributed by atoms with Gasteiger partial charge in [-0.15, -0.1) is 11.3 Å². The third-order valence-electron chi connectivity index (χ3n) is 8.31. The van der Waals surface area contributed by atoms with Crippen LogP contribution in [0.25, 0.3) is 0 Å². The Morgan fingerprint density at radius 3 is 2.87 bits per heavy atom. The van der Waals surface area contributed by atoms with E-state index in [2.05, 4.69) is 22.0 Å². The predicted molar refractivity (Wildman–Crippen MR) is 123 cm³/mol. The van der Waals surface area contributed by atoms with E-state index in [1.807, 2.05) is 11.3 Å². The van der Waals surface area contributed by atoms with Gasteiger partial charge in [-0.05, 0) is 70.4 Å². The Morgan fingerprint density at radius 2 is 2.06 bits per heavy atom. The molecule has 0 spiro atoms. The number of hydrogen-bond donors (Lipinski definition) is 1.